The zero-order valence-electron chi connectivity index (χ0n) is 11.9. The van der Waals surface area contributed by atoms with Crippen molar-refractivity contribution in [1.29, 1.82) is 0 Å². The first-order valence-electron chi connectivity index (χ1n) is 5.98. The van der Waals surface area contributed by atoms with Crippen LogP contribution in [0.2, 0.25) is 0 Å². The van der Waals surface area contributed by atoms with Crippen molar-refractivity contribution in [2.45, 2.75) is 17.7 Å². The summed E-state index contributed by atoms with van der Waals surface area (Å²) in [5.74, 6) is -0.0295. The number of halogens is 2. The molecule has 0 saturated carbocycles. The molecular formula is C12H17BrClNO4S2. The number of alkyl halides is 1. The van der Waals surface area contributed by atoms with E-state index in [1.807, 2.05) is 0 Å². The Morgan fingerprint density at radius 3 is 2.29 bits per heavy atom. The van der Waals surface area contributed by atoms with E-state index in [0.29, 0.717) is 10.0 Å². The quantitative estimate of drug-likeness (QED) is 0.664. The Labute approximate surface area is 139 Å². The average Bonchev–Trinajstić information content (AvgIpc) is 2.37. The molecule has 0 atom stereocenters. The molecule has 0 aliphatic rings. The maximum absolute atomic E-state index is 12.5. The van der Waals surface area contributed by atoms with Crippen LogP contribution < -0.4 is 0 Å². The summed E-state index contributed by atoms with van der Waals surface area (Å²) in [7, 11) is -5.66. The van der Waals surface area contributed by atoms with Gasteiger partial charge in [0, 0.05) is 30.2 Å². The van der Waals surface area contributed by atoms with Gasteiger partial charge < -0.3 is 0 Å². The lowest BCUT2D eigenvalue weighted by Gasteiger charge is -2.19. The monoisotopic (exact) mass is 417 g/mol. The number of nitrogens with zero attached hydrogens (tertiary/aromatic N) is 1. The van der Waals surface area contributed by atoms with Gasteiger partial charge in [0.15, 0.2) is 0 Å². The summed E-state index contributed by atoms with van der Waals surface area (Å²) in [5, 5.41) is 0. The minimum Gasteiger partial charge on any atom is -0.229 e. The molecular weight excluding hydrogens is 402 g/mol. The molecule has 0 heterocycles. The second kappa shape index (κ2) is 6.95. The number of sulfonamides is 1. The second-order valence-corrected chi connectivity index (χ2v) is 10.1. The highest BCUT2D eigenvalue weighted by Crippen LogP contribution is 2.29. The third-order valence-corrected chi connectivity index (χ3v) is 7.33. The number of hydrogen-bond donors (Lipinski definition) is 0. The first-order chi connectivity index (χ1) is 9.49. The van der Waals surface area contributed by atoms with Gasteiger partial charge in [-0.25, -0.2) is 16.8 Å². The Morgan fingerprint density at radius 2 is 1.81 bits per heavy atom. The van der Waals surface area contributed by atoms with Crippen LogP contribution in [0.4, 0.5) is 0 Å². The number of sulfone groups is 1. The summed E-state index contributed by atoms with van der Waals surface area (Å²) >= 11 is 9.04. The van der Waals surface area contributed by atoms with Gasteiger partial charge in [0.1, 0.15) is 9.84 Å². The standard InChI is InChI=1S/C12H17BrClNO4S2/c1-9-6-10(8-14)7-11(12(9)13)21(18,19)15(2)4-5-20(3,16)17/h6-7H,4-5,8H2,1-3H3. The van der Waals surface area contributed by atoms with Gasteiger partial charge in [-0.3, -0.25) is 0 Å². The van der Waals surface area contributed by atoms with Gasteiger partial charge >= 0.3 is 0 Å². The molecule has 0 N–H and O–H groups in total. The lowest BCUT2D eigenvalue weighted by atomic mass is 10.2. The van der Waals surface area contributed by atoms with Crippen molar-refractivity contribution in [2.24, 2.45) is 0 Å². The second-order valence-electron chi connectivity index (χ2n) is 4.81. The van der Waals surface area contributed by atoms with Gasteiger partial charge in [0.05, 0.1) is 10.6 Å². The van der Waals surface area contributed by atoms with Crippen LogP contribution in [-0.2, 0) is 25.7 Å². The summed E-state index contributed by atoms with van der Waals surface area (Å²) < 4.78 is 48.9. The minimum absolute atomic E-state index is 0.0918. The Bertz CT molecular complexity index is 732. The predicted molar refractivity (Wildman–Crippen MR) is 88.0 cm³/mol. The van der Waals surface area contributed by atoms with Crippen LogP contribution in [0.25, 0.3) is 0 Å². The van der Waals surface area contributed by atoms with E-state index < -0.39 is 19.9 Å². The Morgan fingerprint density at radius 1 is 1.24 bits per heavy atom. The molecule has 1 aromatic carbocycles. The molecule has 0 aromatic heterocycles. The largest absolute Gasteiger partial charge is 0.243 e. The van der Waals surface area contributed by atoms with Crippen LogP contribution in [0.1, 0.15) is 11.1 Å². The van der Waals surface area contributed by atoms with Crippen molar-refractivity contribution >= 4 is 47.4 Å². The van der Waals surface area contributed by atoms with Gasteiger partial charge in [0.2, 0.25) is 10.0 Å². The first kappa shape index (κ1) is 18.9. The van der Waals surface area contributed by atoms with Gasteiger partial charge in [0.25, 0.3) is 0 Å². The van der Waals surface area contributed by atoms with Crippen LogP contribution in [0, 0.1) is 6.92 Å². The molecule has 0 saturated heterocycles. The number of benzene rings is 1. The first-order valence-corrected chi connectivity index (χ1v) is 10.8. The number of hydrogen-bond acceptors (Lipinski definition) is 4. The molecule has 0 spiro atoms. The van der Waals surface area contributed by atoms with Crippen LogP contribution in [0.3, 0.4) is 0 Å². The molecule has 0 unspecified atom stereocenters. The van der Waals surface area contributed by atoms with Gasteiger partial charge in [-0.15, -0.1) is 11.6 Å². The minimum atomic E-state index is -3.78. The van der Waals surface area contributed by atoms with Crippen LogP contribution >= 0.6 is 27.5 Å². The Hall–Kier alpha value is -0.150. The zero-order chi connectivity index (χ0) is 16.4. The lowest BCUT2D eigenvalue weighted by molar-refractivity contribution is 0.484. The zero-order valence-corrected chi connectivity index (χ0v) is 15.9. The van der Waals surface area contributed by atoms with Crippen molar-refractivity contribution in [3.8, 4) is 0 Å². The molecule has 120 valence electrons. The van der Waals surface area contributed by atoms with Crippen molar-refractivity contribution in [3.05, 3.63) is 27.7 Å². The van der Waals surface area contributed by atoms with Gasteiger partial charge in [-0.05, 0) is 40.0 Å². The summed E-state index contributed by atoms with van der Waals surface area (Å²) in [6, 6.07) is 3.29. The highest BCUT2D eigenvalue weighted by Gasteiger charge is 2.25. The van der Waals surface area contributed by atoms with Gasteiger partial charge in [-0.1, -0.05) is 6.07 Å². The average molecular weight is 419 g/mol. The summed E-state index contributed by atoms with van der Waals surface area (Å²) in [4.78, 5) is 0.0918. The van der Waals surface area contributed by atoms with E-state index in [1.165, 1.54) is 13.1 Å². The molecule has 21 heavy (non-hydrogen) atoms. The molecule has 0 aliphatic heterocycles. The maximum atomic E-state index is 12.5. The SMILES string of the molecule is Cc1cc(CCl)cc(S(=O)(=O)N(C)CCS(C)(=O)=O)c1Br. The molecule has 5 nitrogen and oxygen atoms in total. The van der Waals surface area contributed by atoms with Crippen LogP contribution in [-0.4, -0.2) is 46.7 Å². The van der Waals surface area contributed by atoms with E-state index in [4.69, 9.17) is 11.6 Å². The fraction of sp³-hybridized carbons (Fsp3) is 0.500. The third kappa shape index (κ3) is 4.92. The molecule has 1 rings (SSSR count). The van der Waals surface area contributed by atoms with E-state index >= 15 is 0 Å². The highest BCUT2D eigenvalue weighted by molar-refractivity contribution is 9.10. The van der Waals surface area contributed by atoms with E-state index in [9.17, 15) is 16.8 Å². The Kier molecular flexibility index (Phi) is 6.26. The highest BCUT2D eigenvalue weighted by atomic mass is 79.9. The Balaban J connectivity index is 3.21. The number of rotatable bonds is 6. The van der Waals surface area contributed by atoms with Gasteiger partial charge in [-0.2, -0.15) is 4.31 Å². The lowest BCUT2D eigenvalue weighted by Crippen LogP contribution is -2.31. The summed E-state index contributed by atoms with van der Waals surface area (Å²) in [6.45, 7) is 1.67. The van der Waals surface area contributed by atoms with Crippen LogP contribution in [0.5, 0.6) is 0 Å². The van der Waals surface area contributed by atoms with Crippen molar-refractivity contribution in [3.63, 3.8) is 0 Å². The molecule has 0 bridgehead atoms. The van der Waals surface area contributed by atoms with E-state index in [1.54, 1.807) is 13.0 Å². The van der Waals surface area contributed by atoms with Crippen LogP contribution in [0.15, 0.2) is 21.5 Å². The van der Waals surface area contributed by atoms with Crippen molar-refractivity contribution in [1.82, 2.24) is 4.31 Å². The van der Waals surface area contributed by atoms with E-state index in [-0.39, 0.29) is 23.1 Å². The van der Waals surface area contributed by atoms with Crippen molar-refractivity contribution in [2.75, 3.05) is 25.6 Å². The molecule has 0 aliphatic carbocycles. The third-order valence-electron chi connectivity index (χ3n) is 2.90. The molecule has 0 amide bonds. The van der Waals surface area contributed by atoms with E-state index in [2.05, 4.69) is 15.9 Å². The topological polar surface area (TPSA) is 71.5 Å². The molecule has 0 radical (unpaired) electrons. The maximum Gasteiger partial charge on any atom is 0.243 e. The molecule has 0 fully saturated rings. The van der Waals surface area contributed by atoms with Crippen molar-refractivity contribution < 1.29 is 16.8 Å². The molecule has 9 heteroatoms. The smallest absolute Gasteiger partial charge is 0.229 e. The number of aryl methyl sites for hydroxylation is 1. The fourth-order valence-corrected chi connectivity index (χ4v) is 4.73. The van der Waals surface area contributed by atoms with E-state index in [0.717, 1.165) is 16.1 Å². The summed E-state index contributed by atoms with van der Waals surface area (Å²) in [5.41, 5.74) is 1.44. The molecule has 1 aromatic rings. The summed E-state index contributed by atoms with van der Waals surface area (Å²) in [6.07, 6.45) is 1.07. The fourth-order valence-electron chi connectivity index (χ4n) is 1.66. The normalized spacial score (nSPS) is 12.9. The predicted octanol–water partition coefficient (Wildman–Crippen LogP) is 2.16.